The lowest BCUT2D eigenvalue weighted by atomic mass is 10.1. The van der Waals surface area contributed by atoms with Gasteiger partial charge in [0.25, 0.3) is 0 Å². The minimum atomic E-state index is -0.761. The van der Waals surface area contributed by atoms with Crippen molar-refractivity contribution in [2.24, 2.45) is 0 Å². The fourth-order valence-corrected chi connectivity index (χ4v) is 2.27. The van der Waals surface area contributed by atoms with Gasteiger partial charge < -0.3 is 5.11 Å². The average molecular weight is 283 g/mol. The maximum atomic E-state index is 12.8. The number of benzene rings is 1. The van der Waals surface area contributed by atoms with E-state index in [1.807, 2.05) is 13.8 Å². The molecule has 0 radical (unpaired) electrons. The van der Waals surface area contributed by atoms with Crippen LogP contribution in [0.25, 0.3) is 0 Å². The molecule has 1 atom stereocenters. The zero-order chi connectivity index (χ0) is 14.0. The highest BCUT2D eigenvalue weighted by Gasteiger charge is 2.20. The van der Waals surface area contributed by atoms with Gasteiger partial charge in [-0.1, -0.05) is 23.7 Å². The number of aliphatic hydroxyl groups is 1. The van der Waals surface area contributed by atoms with Gasteiger partial charge in [0.05, 0.1) is 16.9 Å². The number of nitrogens with zero attached hydrogens (tertiary/aromatic N) is 2. The molecule has 0 bridgehead atoms. The predicted octanol–water partition coefficient (Wildman–Crippen LogP) is 3.53. The number of aromatic nitrogens is 2. The molecule has 2 aromatic rings. The molecule has 0 saturated heterocycles. The molecule has 102 valence electrons. The summed E-state index contributed by atoms with van der Waals surface area (Å²) in [5.41, 5.74) is 1.45. The summed E-state index contributed by atoms with van der Waals surface area (Å²) < 4.78 is 14.5. The van der Waals surface area contributed by atoms with E-state index in [0.717, 1.165) is 5.56 Å². The summed E-state index contributed by atoms with van der Waals surface area (Å²) >= 11 is 6.07. The van der Waals surface area contributed by atoms with Gasteiger partial charge >= 0.3 is 0 Å². The van der Waals surface area contributed by atoms with Crippen LogP contribution >= 0.6 is 11.6 Å². The van der Waals surface area contributed by atoms with Crippen LogP contribution in [-0.4, -0.2) is 14.9 Å². The normalized spacial score (nSPS) is 12.9. The van der Waals surface area contributed by atoms with Crippen LogP contribution in [0, 0.1) is 5.82 Å². The number of rotatable bonds is 4. The summed E-state index contributed by atoms with van der Waals surface area (Å²) in [6.45, 7) is 3.94. The van der Waals surface area contributed by atoms with E-state index in [-0.39, 0.29) is 11.9 Å². The van der Waals surface area contributed by atoms with Crippen molar-refractivity contribution in [3.63, 3.8) is 0 Å². The fraction of sp³-hybridized carbons (Fsp3) is 0.357. The molecule has 0 aliphatic carbocycles. The summed E-state index contributed by atoms with van der Waals surface area (Å²) in [6.07, 6.45) is 1.14. The first-order valence-electron chi connectivity index (χ1n) is 6.14. The van der Waals surface area contributed by atoms with Crippen LogP contribution in [-0.2, 0) is 6.42 Å². The van der Waals surface area contributed by atoms with Crippen LogP contribution in [0.2, 0.25) is 5.02 Å². The van der Waals surface area contributed by atoms with Gasteiger partial charge in [0.2, 0.25) is 0 Å². The molecule has 0 fully saturated rings. The van der Waals surface area contributed by atoms with Gasteiger partial charge in [0.1, 0.15) is 11.9 Å². The van der Waals surface area contributed by atoms with Crippen LogP contribution in [0.5, 0.6) is 0 Å². The molecule has 1 N–H and O–H groups in total. The first-order chi connectivity index (χ1) is 8.99. The Bertz CT molecular complexity index is 551. The molecule has 19 heavy (non-hydrogen) atoms. The van der Waals surface area contributed by atoms with E-state index in [2.05, 4.69) is 5.10 Å². The largest absolute Gasteiger partial charge is 0.386 e. The number of aliphatic hydroxyl groups excluding tert-OH is 1. The van der Waals surface area contributed by atoms with Crippen molar-refractivity contribution in [2.75, 3.05) is 0 Å². The summed E-state index contributed by atoms with van der Waals surface area (Å²) in [7, 11) is 0. The molecule has 0 aliphatic heterocycles. The summed E-state index contributed by atoms with van der Waals surface area (Å²) in [5.74, 6) is -0.288. The van der Waals surface area contributed by atoms with E-state index in [1.54, 1.807) is 16.8 Å². The van der Waals surface area contributed by atoms with Crippen LogP contribution in [0.1, 0.15) is 37.3 Å². The van der Waals surface area contributed by atoms with Gasteiger partial charge in [0.15, 0.2) is 0 Å². The number of hydrogen-bond donors (Lipinski definition) is 1. The third-order valence-corrected chi connectivity index (χ3v) is 3.23. The molecular formula is C14H16ClFN2O. The van der Waals surface area contributed by atoms with Crippen molar-refractivity contribution in [2.45, 2.75) is 32.4 Å². The molecular weight excluding hydrogens is 267 g/mol. The molecule has 2 rings (SSSR count). The lowest BCUT2D eigenvalue weighted by Crippen LogP contribution is -2.13. The van der Waals surface area contributed by atoms with Crippen LogP contribution in [0.3, 0.4) is 0 Å². The molecule has 0 spiro atoms. The molecule has 1 aromatic heterocycles. The van der Waals surface area contributed by atoms with Crippen LogP contribution < -0.4 is 0 Å². The number of hydrogen-bond acceptors (Lipinski definition) is 2. The van der Waals surface area contributed by atoms with Crippen molar-refractivity contribution in [1.29, 1.82) is 0 Å². The van der Waals surface area contributed by atoms with Crippen LogP contribution in [0.15, 0.2) is 30.5 Å². The van der Waals surface area contributed by atoms with Crippen molar-refractivity contribution >= 4 is 11.6 Å². The van der Waals surface area contributed by atoms with Crippen molar-refractivity contribution in [3.05, 3.63) is 52.6 Å². The number of halogens is 2. The van der Waals surface area contributed by atoms with E-state index in [9.17, 15) is 9.50 Å². The van der Waals surface area contributed by atoms with Crippen LogP contribution in [0.4, 0.5) is 4.39 Å². The van der Waals surface area contributed by atoms with Crippen molar-refractivity contribution < 1.29 is 9.50 Å². The second kappa shape index (κ2) is 5.72. The maximum Gasteiger partial charge on any atom is 0.123 e. The monoisotopic (exact) mass is 282 g/mol. The Morgan fingerprint density at radius 1 is 1.32 bits per heavy atom. The first-order valence-corrected chi connectivity index (χ1v) is 6.52. The highest BCUT2D eigenvalue weighted by Crippen LogP contribution is 2.27. The van der Waals surface area contributed by atoms with Gasteiger partial charge in [-0.15, -0.1) is 0 Å². The third kappa shape index (κ3) is 3.14. The third-order valence-electron chi connectivity index (χ3n) is 2.93. The van der Waals surface area contributed by atoms with Crippen molar-refractivity contribution in [3.8, 4) is 0 Å². The topological polar surface area (TPSA) is 38.0 Å². The lowest BCUT2D eigenvalue weighted by Gasteiger charge is -2.16. The van der Waals surface area contributed by atoms with E-state index >= 15 is 0 Å². The fourth-order valence-electron chi connectivity index (χ4n) is 2.01. The Morgan fingerprint density at radius 3 is 2.53 bits per heavy atom. The Morgan fingerprint density at radius 2 is 1.95 bits per heavy atom. The molecule has 3 nitrogen and oxygen atoms in total. The van der Waals surface area contributed by atoms with E-state index in [1.165, 1.54) is 18.3 Å². The van der Waals surface area contributed by atoms with Gasteiger partial charge in [0, 0.05) is 12.5 Å². The molecule has 0 amide bonds. The highest BCUT2D eigenvalue weighted by atomic mass is 35.5. The summed E-state index contributed by atoms with van der Waals surface area (Å²) in [6, 6.07) is 6.18. The molecule has 1 heterocycles. The molecule has 0 aliphatic rings. The predicted molar refractivity (Wildman–Crippen MR) is 72.7 cm³/mol. The molecule has 1 aromatic carbocycles. The Labute approximate surface area is 116 Å². The summed E-state index contributed by atoms with van der Waals surface area (Å²) in [5, 5.41) is 14.9. The maximum absolute atomic E-state index is 12.8. The Balaban J connectivity index is 2.22. The van der Waals surface area contributed by atoms with E-state index < -0.39 is 6.10 Å². The molecule has 1 unspecified atom stereocenters. The lowest BCUT2D eigenvalue weighted by molar-refractivity contribution is 0.165. The second-order valence-electron chi connectivity index (χ2n) is 4.76. The standard InChI is InChI=1S/C14H16ClFN2O/c1-9(2)18-14(12(15)8-17-18)13(19)7-10-3-5-11(16)6-4-10/h3-6,8-9,13,19H,7H2,1-2H3. The van der Waals surface area contributed by atoms with Gasteiger partial charge in [-0.05, 0) is 31.5 Å². The van der Waals surface area contributed by atoms with Crippen molar-refractivity contribution in [1.82, 2.24) is 9.78 Å². The zero-order valence-electron chi connectivity index (χ0n) is 10.8. The SMILES string of the molecule is CC(C)n1ncc(Cl)c1C(O)Cc1ccc(F)cc1. The van der Waals surface area contributed by atoms with Gasteiger partial charge in [-0.3, -0.25) is 4.68 Å². The van der Waals surface area contributed by atoms with E-state index in [0.29, 0.717) is 17.1 Å². The Kier molecular flexibility index (Phi) is 4.22. The molecule has 0 saturated carbocycles. The quantitative estimate of drug-likeness (QED) is 0.931. The minimum absolute atomic E-state index is 0.116. The first kappa shape index (κ1) is 14.0. The summed E-state index contributed by atoms with van der Waals surface area (Å²) in [4.78, 5) is 0. The van der Waals surface area contributed by atoms with Gasteiger partial charge in [-0.25, -0.2) is 4.39 Å². The smallest absolute Gasteiger partial charge is 0.123 e. The highest BCUT2D eigenvalue weighted by molar-refractivity contribution is 6.31. The zero-order valence-corrected chi connectivity index (χ0v) is 11.6. The average Bonchev–Trinajstić information content (AvgIpc) is 2.74. The van der Waals surface area contributed by atoms with Gasteiger partial charge in [-0.2, -0.15) is 5.10 Å². The minimum Gasteiger partial charge on any atom is -0.386 e. The Hall–Kier alpha value is -1.39. The second-order valence-corrected chi connectivity index (χ2v) is 5.17. The van der Waals surface area contributed by atoms with E-state index in [4.69, 9.17) is 11.6 Å². The molecule has 5 heteroatoms.